The topological polar surface area (TPSA) is 138 Å². The van der Waals surface area contributed by atoms with Gasteiger partial charge in [-0.1, -0.05) is 0 Å². The molecule has 1 aliphatic heterocycles. The molecule has 11 heteroatoms. The van der Waals surface area contributed by atoms with Crippen LogP contribution in [0.1, 0.15) is 25.6 Å². The normalized spacial score (nSPS) is 16.1. The maximum absolute atomic E-state index is 8.87. The third-order valence-corrected chi connectivity index (χ3v) is 4.72. The van der Waals surface area contributed by atoms with E-state index < -0.39 is 0 Å². The molecule has 0 aromatic carbocycles. The number of rotatable bonds is 7. The molecule has 1 fully saturated rings. The van der Waals surface area contributed by atoms with Crippen LogP contribution in [0.3, 0.4) is 0 Å². The molecule has 4 rings (SSSR count). The van der Waals surface area contributed by atoms with Crippen LogP contribution in [0, 0.1) is 11.3 Å². The molecular weight excluding hydrogens is 396 g/mol. The van der Waals surface area contributed by atoms with Gasteiger partial charge >= 0.3 is 0 Å². The van der Waals surface area contributed by atoms with Crippen molar-refractivity contribution in [2.75, 3.05) is 36.9 Å². The maximum atomic E-state index is 8.87. The van der Waals surface area contributed by atoms with E-state index in [1.54, 1.807) is 0 Å². The number of hydrogen-bond donors (Lipinski definition) is 3. The lowest BCUT2D eigenvalue weighted by molar-refractivity contribution is 0.0372. The lowest BCUT2D eigenvalue weighted by Gasteiger charge is -2.24. The molecule has 11 nitrogen and oxygen atoms in total. The van der Waals surface area contributed by atoms with Gasteiger partial charge in [0.2, 0.25) is 0 Å². The molecule has 3 aromatic heterocycles. The van der Waals surface area contributed by atoms with E-state index in [4.69, 9.17) is 10.00 Å². The minimum Gasteiger partial charge on any atom is -0.380 e. The molecule has 0 saturated carbocycles. The van der Waals surface area contributed by atoms with Crippen LogP contribution in [-0.2, 0) is 4.74 Å². The molecule has 0 bridgehead atoms. The second kappa shape index (κ2) is 9.46. The Balaban J connectivity index is 1.58. The molecule has 4 heterocycles. The maximum Gasteiger partial charge on any atom is 0.158 e. The molecular formula is C20H24N10O. The molecule has 1 saturated heterocycles. The quantitative estimate of drug-likeness (QED) is 0.518. The van der Waals surface area contributed by atoms with Crippen molar-refractivity contribution in [2.45, 2.75) is 26.0 Å². The van der Waals surface area contributed by atoms with Gasteiger partial charge in [0.25, 0.3) is 0 Å². The predicted octanol–water partition coefficient (Wildman–Crippen LogP) is 1.73. The van der Waals surface area contributed by atoms with Gasteiger partial charge in [0.15, 0.2) is 11.5 Å². The average molecular weight is 420 g/mol. The van der Waals surface area contributed by atoms with Gasteiger partial charge in [0, 0.05) is 37.9 Å². The van der Waals surface area contributed by atoms with Gasteiger partial charge in [-0.15, -0.1) is 10.2 Å². The number of ether oxygens (including phenoxy) is 1. The van der Waals surface area contributed by atoms with Crippen molar-refractivity contribution in [3.8, 4) is 17.5 Å². The van der Waals surface area contributed by atoms with Crippen LogP contribution in [0.25, 0.3) is 11.4 Å². The molecule has 1 aliphatic rings. The van der Waals surface area contributed by atoms with E-state index in [2.05, 4.69) is 55.1 Å². The largest absolute Gasteiger partial charge is 0.380 e. The highest BCUT2D eigenvalue weighted by Crippen LogP contribution is 2.27. The van der Waals surface area contributed by atoms with Crippen LogP contribution in [0.15, 0.2) is 30.7 Å². The van der Waals surface area contributed by atoms with Crippen molar-refractivity contribution in [2.24, 2.45) is 0 Å². The molecule has 31 heavy (non-hydrogen) atoms. The first kappa shape index (κ1) is 20.6. The Morgan fingerprint density at radius 3 is 2.87 bits per heavy atom. The van der Waals surface area contributed by atoms with Gasteiger partial charge in [-0.25, -0.2) is 9.97 Å². The molecule has 3 N–H and O–H groups in total. The number of anilines is 3. The molecule has 0 unspecified atom stereocenters. The zero-order valence-electron chi connectivity index (χ0n) is 17.4. The van der Waals surface area contributed by atoms with E-state index in [-0.39, 0.29) is 17.8 Å². The van der Waals surface area contributed by atoms with Crippen LogP contribution >= 0.6 is 0 Å². The predicted molar refractivity (Wildman–Crippen MR) is 115 cm³/mol. The number of nitriles is 1. The van der Waals surface area contributed by atoms with Crippen molar-refractivity contribution in [1.82, 2.24) is 35.3 Å². The molecule has 3 aromatic rings. The molecule has 1 atom stereocenters. The third-order valence-electron chi connectivity index (χ3n) is 4.72. The fraction of sp³-hybridized carbons (Fsp3) is 0.400. The van der Waals surface area contributed by atoms with E-state index in [0.29, 0.717) is 30.5 Å². The zero-order valence-corrected chi connectivity index (χ0v) is 17.4. The van der Waals surface area contributed by atoms with Crippen LogP contribution < -0.4 is 16.0 Å². The summed E-state index contributed by atoms with van der Waals surface area (Å²) in [6.07, 6.45) is 4.87. The molecule has 160 valence electrons. The summed E-state index contributed by atoms with van der Waals surface area (Å²) in [5, 5.41) is 32.0. The smallest absolute Gasteiger partial charge is 0.158 e. The van der Waals surface area contributed by atoms with Crippen molar-refractivity contribution in [3.05, 3.63) is 36.4 Å². The van der Waals surface area contributed by atoms with E-state index >= 15 is 0 Å². The fourth-order valence-corrected chi connectivity index (χ4v) is 3.08. The zero-order chi connectivity index (χ0) is 21.6. The standard InChI is InChI=1S/C20H24N10O/c1-13(2)30-5-3-16(29-30)20-17(24-11-15-10-22-4-6-31-15)7-18(27-28-20)26-19-12-23-14(8-21)9-25-19/h3,5,7,9,12-13,15,22H,4,6,10-11H2,1-2H3,(H2,24,25,26,27)/t15-/m0/s1. The summed E-state index contributed by atoms with van der Waals surface area (Å²) in [6, 6.07) is 5.97. The average Bonchev–Trinajstić information content (AvgIpc) is 3.29. The Kier molecular flexibility index (Phi) is 6.30. The van der Waals surface area contributed by atoms with Gasteiger partial charge in [-0.05, 0) is 19.9 Å². The van der Waals surface area contributed by atoms with Gasteiger partial charge in [-0.3, -0.25) is 4.68 Å². The van der Waals surface area contributed by atoms with Crippen molar-refractivity contribution in [3.63, 3.8) is 0 Å². The Hall–Kier alpha value is -3.62. The second-order valence-electron chi connectivity index (χ2n) is 7.37. The first-order valence-corrected chi connectivity index (χ1v) is 10.1. The Bertz CT molecular complexity index is 1050. The van der Waals surface area contributed by atoms with Crippen molar-refractivity contribution >= 4 is 17.3 Å². The van der Waals surface area contributed by atoms with E-state index in [0.717, 1.165) is 24.5 Å². The lowest BCUT2D eigenvalue weighted by Crippen LogP contribution is -2.42. The number of hydrogen-bond acceptors (Lipinski definition) is 10. The number of aromatic nitrogens is 6. The van der Waals surface area contributed by atoms with Crippen molar-refractivity contribution < 1.29 is 4.74 Å². The third kappa shape index (κ3) is 5.11. The second-order valence-corrected chi connectivity index (χ2v) is 7.37. The Labute approximate surface area is 179 Å². The summed E-state index contributed by atoms with van der Waals surface area (Å²) < 4.78 is 7.67. The summed E-state index contributed by atoms with van der Waals surface area (Å²) in [6.45, 7) is 7.10. The molecule has 0 spiro atoms. The van der Waals surface area contributed by atoms with E-state index in [1.807, 2.05) is 29.1 Å². The molecule has 0 radical (unpaired) electrons. The van der Waals surface area contributed by atoms with Gasteiger partial charge in [-0.2, -0.15) is 10.4 Å². The van der Waals surface area contributed by atoms with Crippen molar-refractivity contribution in [1.29, 1.82) is 5.26 Å². The van der Waals surface area contributed by atoms with Gasteiger partial charge in [0.1, 0.15) is 23.3 Å². The van der Waals surface area contributed by atoms with Crippen LogP contribution in [0.4, 0.5) is 17.3 Å². The number of nitrogens with one attached hydrogen (secondary N) is 3. The van der Waals surface area contributed by atoms with Gasteiger partial charge < -0.3 is 20.7 Å². The van der Waals surface area contributed by atoms with E-state index in [1.165, 1.54) is 12.4 Å². The highest BCUT2D eigenvalue weighted by atomic mass is 16.5. The minimum absolute atomic E-state index is 0.0591. The fourth-order valence-electron chi connectivity index (χ4n) is 3.08. The summed E-state index contributed by atoms with van der Waals surface area (Å²) in [7, 11) is 0. The van der Waals surface area contributed by atoms with Crippen LogP contribution in [0.2, 0.25) is 0 Å². The summed E-state index contributed by atoms with van der Waals surface area (Å²) in [5.74, 6) is 0.965. The Morgan fingerprint density at radius 2 is 2.19 bits per heavy atom. The summed E-state index contributed by atoms with van der Waals surface area (Å²) in [4.78, 5) is 8.18. The molecule has 0 aliphatic carbocycles. The summed E-state index contributed by atoms with van der Waals surface area (Å²) >= 11 is 0. The highest BCUT2D eigenvalue weighted by Gasteiger charge is 2.17. The lowest BCUT2D eigenvalue weighted by atomic mass is 10.2. The SMILES string of the molecule is CC(C)n1ccc(-c2nnc(Nc3cnc(C#N)cn3)cc2NC[C@@H]2CNCCO2)n1. The van der Waals surface area contributed by atoms with E-state index in [9.17, 15) is 0 Å². The Morgan fingerprint density at radius 1 is 1.29 bits per heavy atom. The van der Waals surface area contributed by atoms with Gasteiger partial charge in [0.05, 0.1) is 30.8 Å². The first-order valence-electron chi connectivity index (χ1n) is 10.1. The number of morpholine rings is 1. The van der Waals surface area contributed by atoms with Crippen LogP contribution in [0.5, 0.6) is 0 Å². The van der Waals surface area contributed by atoms with Crippen LogP contribution in [-0.4, -0.2) is 62.3 Å². The highest BCUT2D eigenvalue weighted by molar-refractivity contribution is 5.74. The number of nitrogens with zero attached hydrogens (tertiary/aromatic N) is 7. The first-order chi connectivity index (χ1) is 15.1. The molecule has 0 amide bonds. The summed E-state index contributed by atoms with van der Waals surface area (Å²) in [5.41, 5.74) is 2.41. The minimum atomic E-state index is 0.0591. The monoisotopic (exact) mass is 420 g/mol.